The van der Waals surface area contributed by atoms with Gasteiger partial charge in [0, 0.05) is 38.3 Å². The average molecular weight is 446 g/mol. The van der Waals surface area contributed by atoms with Gasteiger partial charge in [0.15, 0.2) is 5.96 Å². The highest BCUT2D eigenvalue weighted by molar-refractivity contribution is 14.0. The second kappa shape index (κ2) is 10.5. The third-order valence-corrected chi connectivity index (χ3v) is 3.83. The molecule has 1 unspecified atom stereocenters. The van der Waals surface area contributed by atoms with E-state index in [1.807, 2.05) is 30.0 Å². The van der Waals surface area contributed by atoms with E-state index < -0.39 is 0 Å². The molecular weight excluding hydrogens is 419 g/mol. The fourth-order valence-corrected chi connectivity index (χ4v) is 2.75. The van der Waals surface area contributed by atoms with E-state index in [1.54, 1.807) is 7.11 Å². The highest BCUT2D eigenvalue weighted by atomic mass is 127. The fourth-order valence-electron chi connectivity index (χ4n) is 2.75. The zero-order valence-corrected chi connectivity index (χ0v) is 16.7. The maximum Gasteiger partial charge on any atom is 0.227 e. The molecule has 2 rings (SSSR count). The summed E-state index contributed by atoms with van der Waals surface area (Å²) in [6, 6.07) is 8.20. The first kappa shape index (κ1) is 20.7. The maximum atomic E-state index is 12.3. The van der Waals surface area contributed by atoms with Crippen molar-refractivity contribution in [3.63, 3.8) is 0 Å². The highest BCUT2D eigenvalue weighted by Gasteiger charge is 2.23. The molecule has 3 N–H and O–H groups in total. The number of guanidine groups is 1. The predicted molar refractivity (Wildman–Crippen MR) is 108 cm³/mol. The highest BCUT2D eigenvalue weighted by Crippen LogP contribution is 2.27. The Morgan fingerprint density at radius 2 is 2.21 bits per heavy atom. The van der Waals surface area contributed by atoms with Crippen molar-refractivity contribution in [3.05, 3.63) is 29.8 Å². The van der Waals surface area contributed by atoms with Gasteiger partial charge in [0.05, 0.1) is 6.61 Å². The third kappa shape index (κ3) is 5.94. The van der Waals surface area contributed by atoms with Gasteiger partial charge in [-0.1, -0.05) is 18.2 Å². The molecule has 0 aliphatic carbocycles. The van der Waals surface area contributed by atoms with Crippen molar-refractivity contribution in [1.29, 1.82) is 0 Å². The topological polar surface area (TPSA) is 80.0 Å². The number of halogens is 1. The minimum Gasteiger partial charge on any atom is -0.383 e. The quantitative estimate of drug-likeness (QED) is 0.290. The normalized spacial score (nSPS) is 14.8. The lowest BCUT2D eigenvalue weighted by Gasteiger charge is -2.17. The number of hydrogen-bond donors (Lipinski definition) is 2. The summed E-state index contributed by atoms with van der Waals surface area (Å²) in [5, 5.41) is 3.04. The fraction of sp³-hybridized carbons (Fsp3) is 0.529. The number of carbonyl (C=O) groups is 1. The van der Waals surface area contributed by atoms with Crippen LogP contribution in [0.15, 0.2) is 29.3 Å². The van der Waals surface area contributed by atoms with E-state index in [0.29, 0.717) is 32.0 Å². The Hall–Kier alpha value is -1.35. The van der Waals surface area contributed by atoms with Crippen LogP contribution >= 0.6 is 24.0 Å². The summed E-state index contributed by atoms with van der Waals surface area (Å²) in [7, 11) is 1.65. The van der Waals surface area contributed by atoms with E-state index in [9.17, 15) is 4.79 Å². The van der Waals surface area contributed by atoms with E-state index in [0.717, 1.165) is 18.7 Å². The molecule has 0 fully saturated rings. The van der Waals surface area contributed by atoms with Crippen LogP contribution in [0.1, 0.15) is 25.3 Å². The molecule has 0 bridgehead atoms. The van der Waals surface area contributed by atoms with Gasteiger partial charge in [-0.3, -0.25) is 9.79 Å². The number of benzene rings is 1. The number of nitrogens with one attached hydrogen (secondary N) is 1. The minimum absolute atomic E-state index is 0. The maximum absolute atomic E-state index is 12.3. The lowest BCUT2D eigenvalue weighted by Crippen LogP contribution is -2.40. The number of para-hydroxylation sites is 1. The predicted octanol–water partition coefficient (Wildman–Crippen LogP) is 1.91. The van der Waals surface area contributed by atoms with Gasteiger partial charge in [0.25, 0.3) is 0 Å². The molecule has 0 saturated heterocycles. The van der Waals surface area contributed by atoms with Crippen molar-refractivity contribution < 1.29 is 9.53 Å². The molecule has 7 heteroatoms. The van der Waals surface area contributed by atoms with Crippen LogP contribution in [0.4, 0.5) is 5.69 Å². The van der Waals surface area contributed by atoms with Crippen molar-refractivity contribution in [2.45, 2.75) is 32.2 Å². The zero-order valence-electron chi connectivity index (χ0n) is 14.3. The van der Waals surface area contributed by atoms with Crippen molar-refractivity contribution in [3.8, 4) is 0 Å². The number of aliphatic imine (C=N–C) groups is 1. The van der Waals surface area contributed by atoms with Gasteiger partial charge in [-0.25, -0.2) is 0 Å². The van der Waals surface area contributed by atoms with Crippen LogP contribution in [0.25, 0.3) is 0 Å². The molecule has 0 saturated carbocycles. The van der Waals surface area contributed by atoms with Crippen molar-refractivity contribution in [1.82, 2.24) is 5.32 Å². The molecule has 0 spiro atoms. The average Bonchev–Trinajstić information content (AvgIpc) is 2.95. The molecule has 6 nitrogen and oxygen atoms in total. The Balaban J connectivity index is 0.00000288. The summed E-state index contributed by atoms with van der Waals surface area (Å²) in [4.78, 5) is 18.5. The van der Waals surface area contributed by atoms with Gasteiger partial charge < -0.3 is 20.7 Å². The molecule has 134 valence electrons. The molecule has 1 heterocycles. The van der Waals surface area contributed by atoms with Gasteiger partial charge in [-0.15, -0.1) is 24.0 Å². The number of nitrogens with zero attached hydrogens (tertiary/aromatic N) is 2. The summed E-state index contributed by atoms with van der Waals surface area (Å²) < 4.78 is 5.02. The van der Waals surface area contributed by atoms with Gasteiger partial charge in [0.1, 0.15) is 0 Å². The Kier molecular flexibility index (Phi) is 9.05. The van der Waals surface area contributed by atoms with Crippen LogP contribution in [0.3, 0.4) is 0 Å². The van der Waals surface area contributed by atoms with E-state index in [1.165, 1.54) is 5.56 Å². The first-order valence-electron chi connectivity index (χ1n) is 8.05. The molecule has 1 aromatic rings. The van der Waals surface area contributed by atoms with E-state index in [2.05, 4.69) is 16.4 Å². The second-order valence-corrected chi connectivity index (χ2v) is 5.80. The standard InChI is InChI=1S/C17H26N4O2.HI/c1-13(12-23-2)20-17(18)19-10-5-8-16(22)21-11-9-14-6-3-4-7-15(14)21;/h3-4,6-7,13H,5,8-12H2,1-2H3,(H3,18,19,20);1H. The number of ether oxygens (including phenoxy) is 1. The van der Waals surface area contributed by atoms with Gasteiger partial charge >= 0.3 is 0 Å². The molecule has 1 atom stereocenters. The summed E-state index contributed by atoms with van der Waals surface area (Å²) in [5.74, 6) is 0.554. The smallest absolute Gasteiger partial charge is 0.227 e. The number of carbonyl (C=O) groups excluding carboxylic acids is 1. The van der Waals surface area contributed by atoms with Crippen molar-refractivity contribution in [2.24, 2.45) is 10.7 Å². The molecule has 0 radical (unpaired) electrons. The summed E-state index contributed by atoms with van der Waals surface area (Å²) >= 11 is 0. The van der Waals surface area contributed by atoms with Crippen LogP contribution in [-0.2, 0) is 16.0 Å². The summed E-state index contributed by atoms with van der Waals surface area (Å²) in [5.41, 5.74) is 8.10. The molecule has 0 aromatic heterocycles. The number of anilines is 1. The van der Waals surface area contributed by atoms with Crippen LogP contribution in [0.2, 0.25) is 0 Å². The number of nitrogens with two attached hydrogens (primary N) is 1. The summed E-state index contributed by atoms with van der Waals surface area (Å²) in [6.07, 6.45) is 2.12. The van der Waals surface area contributed by atoms with Crippen LogP contribution in [0, 0.1) is 0 Å². The largest absolute Gasteiger partial charge is 0.383 e. The molecule has 24 heavy (non-hydrogen) atoms. The molecular formula is C17H27IN4O2. The lowest BCUT2D eigenvalue weighted by molar-refractivity contribution is -0.118. The first-order valence-corrected chi connectivity index (χ1v) is 8.05. The number of methoxy groups -OCH3 is 1. The Morgan fingerprint density at radius 3 is 2.96 bits per heavy atom. The Bertz CT molecular complexity index is 565. The van der Waals surface area contributed by atoms with Gasteiger partial charge in [0.2, 0.25) is 5.91 Å². The minimum atomic E-state index is 0. The van der Waals surface area contributed by atoms with Crippen LogP contribution in [0.5, 0.6) is 0 Å². The first-order chi connectivity index (χ1) is 11.1. The lowest BCUT2D eigenvalue weighted by atomic mass is 10.2. The van der Waals surface area contributed by atoms with Crippen LogP contribution in [-0.4, -0.2) is 44.7 Å². The number of hydrogen-bond acceptors (Lipinski definition) is 3. The second-order valence-electron chi connectivity index (χ2n) is 5.80. The van der Waals surface area contributed by atoms with Gasteiger partial charge in [-0.2, -0.15) is 0 Å². The Morgan fingerprint density at radius 1 is 1.46 bits per heavy atom. The number of fused-ring (bicyclic) bond motifs is 1. The summed E-state index contributed by atoms with van der Waals surface area (Å²) in [6.45, 7) is 3.86. The van der Waals surface area contributed by atoms with E-state index >= 15 is 0 Å². The SMILES string of the molecule is COCC(C)NC(N)=NCCCC(=O)N1CCc2ccccc21.I. The third-order valence-electron chi connectivity index (χ3n) is 3.83. The van der Waals surface area contributed by atoms with Gasteiger partial charge in [-0.05, 0) is 31.4 Å². The Labute approximate surface area is 160 Å². The van der Waals surface area contributed by atoms with E-state index in [-0.39, 0.29) is 35.9 Å². The molecule has 1 amide bonds. The molecule has 1 aliphatic rings. The molecule has 1 aliphatic heterocycles. The zero-order chi connectivity index (χ0) is 16.7. The van der Waals surface area contributed by atoms with Crippen molar-refractivity contribution in [2.75, 3.05) is 31.7 Å². The number of amides is 1. The van der Waals surface area contributed by atoms with Crippen LogP contribution < -0.4 is 16.0 Å². The molecule has 1 aromatic carbocycles. The van der Waals surface area contributed by atoms with E-state index in [4.69, 9.17) is 10.5 Å². The number of rotatable bonds is 7. The monoisotopic (exact) mass is 446 g/mol. The van der Waals surface area contributed by atoms with Crippen molar-refractivity contribution >= 4 is 41.5 Å².